The first kappa shape index (κ1) is 30.7. The van der Waals surface area contributed by atoms with E-state index in [1.54, 1.807) is 32.9 Å². The highest BCUT2D eigenvalue weighted by Gasteiger charge is 2.57. The molecule has 1 fully saturated rings. The van der Waals surface area contributed by atoms with E-state index < -0.39 is 48.6 Å². The van der Waals surface area contributed by atoms with Crippen LogP contribution < -0.4 is 14.9 Å². The lowest BCUT2D eigenvalue weighted by molar-refractivity contribution is -0.149. The maximum absolute atomic E-state index is 12.6. The van der Waals surface area contributed by atoms with Crippen molar-refractivity contribution in [3.63, 3.8) is 0 Å². The number of fused-ring (bicyclic) bond motifs is 1. The van der Waals surface area contributed by atoms with Crippen LogP contribution in [0, 0.1) is 12.3 Å². The first-order valence-electron chi connectivity index (χ1n) is 12.8. The fraction of sp³-hybridized carbons (Fsp3) is 0.357. The van der Waals surface area contributed by atoms with Crippen LogP contribution in [0.15, 0.2) is 67.1 Å². The van der Waals surface area contributed by atoms with Gasteiger partial charge in [0.05, 0.1) is 12.7 Å². The molecule has 11 nitrogen and oxygen atoms in total. The number of benzene rings is 2. The van der Waals surface area contributed by atoms with Crippen molar-refractivity contribution < 1.29 is 38.3 Å². The highest BCUT2D eigenvalue weighted by atomic mass is 32.5. The Balaban J connectivity index is 1.59. The minimum Gasteiger partial charge on any atom is -0.462 e. The van der Waals surface area contributed by atoms with E-state index in [9.17, 15) is 19.8 Å². The number of esters is 1. The van der Waals surface area contributed by atoms with Crippen LogP contribution in [0.5, 0.6) is 5.75 Å². The van der Waals surface area contributed by atoms with Gasteiger partial charge in [-0.3, -0.25) is 9.59 Å². The molecule has 4 N–H and O–H groups in total. The van der Waals surface area contributed by atoms with E-state index in [0.717, 1.165) is 10.8 Å². The Morgan fingerprint density at radius 1 is 1.32 bits per heavy atom. The van der Waals surface area contributed by atoms with Crippen molar-refractivity contribution >= 4 is 41.1 Å². The van der Waals surface area contributed by atoms with Gasteiger partial charge in [-0.15, -0.1) is 6.42 Å². The number of hydrogen-bond donors (Lipinski definition) is 4. The molecule has 4 rings (SSSR count). The van der Waals surface area contributed by atoms with E-state index in [0.29, 0.717) is 5.75 Å². The molecule has 2 aromatic rings. The van der Waals surface area contributed by atoms with Gasteiger partial charge < -0.3 is 39.0 Å². The zero-order chi connectivity index (χ0) is 29.9. The maximum Gasteiger partial charge on any atom is 0.323 e. The summed E-state index contributed by atoms with van der Waals surface area (Å²) in [4.78, 5) is 25.6. The van der Waals surface area contributed by atoms with Crippen LogP contribution in [0.2, 0.25) is 0 Å². The summed E-state index contributed by atoms with van der Waals surface area (Å²) in [5.41, 5.74) is -2.20. The number of carbonyl (C=O) groups is 2. The summed E-state index contributed by atoms with van der Waals surface area (Å²) in [5, 5.41) is 29.3. The van der Waals surface area contributed by atoms with Gasteiger partial charge in [0.25, 0.3) is 5.91 Å². The number of aliphatic hydroxyl groups excluding tert-OH is 1. The van der Waals surface area contributed by atoms with E-state index in [1.165, 1.54) is 17.2 Å². The van der Waals surface area contributed by atoms with Crippen molar-refractivity contribution in [3.05, 3.63) is 67.1 Å². The molecule has 1 amide bonds. The Bertz CT molecular complexity index is 1450. The minimum atomic E-state index is -3.54. The third-order valence-electron chi connectivity index (χ3n) is 6.37. The Hall–Kier alpha value is -3.27. The summed E-state index contributed by atoms with van der Waals surface area (Å²) in [6.45, 7) is 4.85. The van der Waals surface area contributed by atoms with Crippen molar-refractivity contribution in [2.75, 3.05) is 6.61 Å². The van der Waals surface area contributed by atoms with Gasteiger partial charge in [-0.1, -0.05) is 48.9 Å². The lowest BCUT2D eigenvalue weighted by Crippen LogP contribution is -2.54. The molecule has 0 bridgehead atoms. The molecule has 6 atom stereocenters. The normalized spacial score (nSPS) is 26.4. The second-order valence-corrected chi connectivity index (χ2v) is 12.9. The first-order valence-corrected chi connectivity index (χ1v) is 15.4. The van der Waals surface area contributed by atoms with E-state index >= 15 is 0 Å². The summed E-state index contributed by atoms with van der Waals surface area (Å²) in [7, 11) is 0. The van der Waals surface area contributed by atoms with Crippen molar-refractivity contribution in [1.82, 2.24) is 15.3 Å². The summed E-state index contributed by atoms with van der Waals surface area (Å²) in [5.74, 6) is 1.72. The van der Waals surface area contributed by atoms with Crippen LogP contribution in [0.25, 0.3) is 10.8 Å². The largest absolute Gasteiger partial charge is 0.462 e. The quantitative estimate of drug-likeness (QED) is 0.181. The van der Waals surface area contributed by atoms with Crippen molar-refractivity contribution in [2.45, 2.75) is 57.0 Å². The predicted molar refractivity (Wildman–Crippen MR) is 155 cm³/mol. The number of rotatable bonds is 10. The Kier molecular flexibility index (Phi) is 9.21. The summed E-state index contributed by atoms with van der Waals surface area (Å²) >= 11 is 5.83. The molecule has 13 heteroatoms. The molecule has 41 heavy (non-hydrogen) atoms. The van der Waals surface area contributed by atoms with Gasteiger partial charge in [0.2, 0.25) is 0 Å². The number of hydrogen-bond acceptors (Lipinski definition) is 10. The molecule has 2 unspecified atom stereocenters. The first-order chi connectivity index (χ1) is 19.4. The summed E-state index contributed by atoms with van der Waals surface area (Å²) in [6, 6.07) is 12.0. The van der Waals surface area contributed by atoms with Crippen molar-refractivity contribution in [1.29, 1.82) is 0 Å². The molecule has 0 radical (unpaired) electrons. The Labute approximate surface area is 243 Å². The van der Waals surface area contributed by atoms with Crippen LogP contribution in [0.3, 0.4) is 0 Å². The molecule has 0 saturated carbocycles. The van der Waals surface area contributed by atoms with Gasteiger partial charge in [-0.2, -0.15) is 0 Å². The fourth-order valence-corrected chi connectivity index (χ4v) is 6.75. The molecule has 2 aromatic carbocycles. The van der Waals surface area contributed by atoms with Gasteiger partial charge in [0.1, 0.15) is 29.8 Å². The predicted octanol–water partition coefficient (Wildman–Crippen LogP) is 2.26. The number of carbonyl (C=O) groups excluding carboxylic acids is 2. The van der Waals surface area contributed by atoms with Crippen molar-refractivity contribution in [2.24, 2.45) is 0 Å². The van der Waals surface area contributed by atoms with E-state index in [1.807, 2.05) is 30.3 Å². The lowest BCUT2D eigenvalue weighted by atomic mass is 9.94. The molecule has 0 spiro atoms. The average Bonchev–Trinajstić information content (AvgIpc) is 3.17. The van der Waals surface area contributed by atoms with Crippen molar-refractivity contribution in [3.8, 4) is 18.1 Å². The Morgan fingerprint density at radius 3 is 2.71 bits per heavy atom. The highest BCUT2D eigenvalue weighted by molar-refractivity contribution is 8.09. The molecule has 1 saturated heterocycles. The van der Waals surface area contributed by atoms with Crippen LogP contribution in [0.1, 0.15) is 20.8 Å². The van der Waals surface area contributed by atoms with E-state index in [2.05, 4.69) is 22.9 Å². The summed E-state index contributed by atoms with van der Waals surface area (Å²) < 4.78 is 23.6. The van der Waals surface area contributed by atoms with Crippen LogP contribution in [-0.2, 0) is 35.4 Å². The standard InChI is InChI=1S/C28H32N3O8PS/c1-6-28(35)25(33)23(38-27(28)31-15-14-24(32)29-19(31)5)16-36-40(41,30-18(4)26(34)37-17(2)3)39-22-13-9-11-20-10-7-8-12-21(20)22/h1,7-15,17-18,23,25,27,33,35H,5,16H2,2-4H3,(H,29,32)(H,30,41)/t18?,23-,25-,27-,28-,40?/m1/s1. The molecular formula is C28H32N3O8PS. The molecular weight excluding hydrogens is 569 g/mol. The molecule has 2 heterocycles. The van der Waals surface area contributed by atoms with Gasteiger partial charge >= 0.3 is 12.6 Å². The van der Waals surface area contributed by atoms with Crippen LogP contribution in [-0.4, -0.2) is 69.8 Å². The number of terminal acetylenes is 1. The second kappa shape index (κ2) is 12.3. The fourth-order valence-electron chi connectivity index (χ4n) is 4.33. The van der Waals surface area contributed by atoms with Gasteiger partial charge in [0.15, 0.2) is 11.8 Å². The number of aliphatic hydroxyl groups is 2. The third kappa shape index (κ3) is 6.63. The molecule has 2 aliphatic heterocycles. The number of ether oxygens (including phenoxy) is 2. The zero-order valence-corrected chi connectivity index (χ0v) is 24.4. The van der Waals surface area contributed by atoms with E-state index in [4.69, 9.17) is 36.8 Å². The Morgan fingerprint density at radius 2 is 2.02 bits per heavy atom. The number of nitrogens with one attached hydrogen (secondary N) is 2. The smallest absolute Gasteiger partial charge is 0.323 e. The monoisotopic (exact) mass is 601 g/mol. The number of amides is 1. The SMILES string of the molecule is C#C[C@@]1(O)[C@H](O)[C@@H](COP(=S)(NC(C)C(=O)OC(C)C)Oc2cccc3ccccc23)O[C@H]1N1C=CC(=O)NC1=C. The molecule has 218 valence electrons. The maximum atomic E-state index is 12.6. The van der Waals surface area contributed by atoms with Crippen LogP contribution in [0.4, 0.5) is 0 Å². The second-order valence-electron chi connectivity index (χ2n) is 9.80. The summed E-state index contributed by atoms with van der Waals surface area (Å²) in [6.07, 6.45) is 3.67. The zero-order valence-electron chi connectivity index (χ0n) is 22.7. The topological polar surface area (TPSA) is 139 Å². The minimum absolute atomic E-state index is 0.0912. The highest BCUT2D eigenvalue weighted by Crippen LogP contribution is 2.48. The van der Waals surface area contributed by atoms with Crippen LogP contribution >= 0.6 is 6.64 Å². The van der Waals surface area contributed by atoms with Gasteiger partial charge in [0, 0.05) is 17.7 Å². The molecule has 2 aliphatic rings. The van der Waals surface area contributed by atoms with Gasteiger partial charge in [-0.05, 0) is 44.0 Å². The molecule has 0 aliphatic carbocycles. The molecule has 0 aromatic heterocycles. The average molecular weight is 602 g/mol. The lowest BCUT2D eigenvalue weighted by Gasteiger charge is -2.36. The third-order valence-corrected chi connectivity index (χ3v) is 8.85. The van der Waals surface area contributed by atoms with Gasteiger partial charge in [-0.25, -0.2) is 5.09 Å². The van der Waals surface area contributed by atoms with E-state index in [-0.39, 0.29) is 18.5 Å². The number of nitrogens with zero attached hydrogens (tertiary/aromatic N) is 1.